The third-order valence-electron chi connectivity index (χ3n) is 5.04. The molecule has 1 N–H and O–H groups in total. The summed E-state index contributed by atoms with van der Waals surface area (Å²) in [7, 11) is 1.76. The Morgan fingerprint density at radius 1 is 1.31 bits per heavy atom. The number of aryl methyl sites for hydroxylation is 1. The lowest BCUT2D eigenvalue weighted by atomic mass is 10.0. The number of carbonyl (C=O) groups is 1. The highest BCUT2D eigenvalue weighted by atomic mass is 19.4. The van der Waals surface area contributed by atoms with Crippen molar-refractivity contribution in [3.05, 3.63) is 35.7 Å². The Labute approximate surface area is 163 Å². The van der Waals surface area contributed by atoms with Gasteiger partial charge in [0.2, 0.25) is 5.91 Å². The van der Waals surface area contributed by atoms with Gasteiger partial charge in [-0.1, -0.05) is 0 Å². The van der Waals surface area contributed by atoms with Crippen LogP contribution in [0.5, 0.6) is 5.75 Å². The van der Waals surface area contributed by atoms with E-state index < -0.39 is 17.5 Å². The monoisotopic (exact) mass is 405 g/mol. The highest BCUT2D eigenvalue weighted by molar-refractivity contribution is 5.78. The van der Waals surface area contributed by atoms with E-state index in [0.717, 1.165) is 6.07 Å². The lowest BCUT2D eigenvalue weighted by molar-refractivity contribution is -0.137. The van der Waals surface area contributed by atoms with Gasteiger partial charge in [0.1, 0.15) is 11.3 Å². The molecular formula is C19H18F3N5O2. The molecule has 0 aliphatic carbocycles. The molecule has 1 atom stereocenters. The number of phenols is 1. The number of carbonyl (C=O) groups excluding carboxylic acids is 1. The van der Waals surface area contributed by atoms with Crippen LogP contribution in [-0.4, -0.2) is 49.3 Å². The number of benzene rings is 1. The predicted octanol–water partition coefficient (Wildman–Crippen LogP) is 3.00. The zero-order valence-electron chi connectivity index (χ0n) is 15.7. The highest BCUT2D eigenvalue weighted by Crippen LogP contribution is 2.38. The quantitative estimate of drug-likeness (QED) is 0.724. The van der Waals surface area contributed by atoms with E-state index in [1.165, 1.54) is 13.1 Å². The zero-order chi connectivity index (χ0) is 20.9. The maximum Gasteiger partial charge on any atom is 0.416 e. The van der Waals surface area contributed by atoms with E-state index in [2.05, 4.69) is 15.1 Å². The number of hydrogen-bond acceptors (Lipinski definition) is 5. The largest absolute Gasteiger partial charge is 0.507 e. The standard InChI is InChI=1S/C19H18F3N5O2/c1-10-3-12(19(20,21)22)5-15(28)17(10)13-6-23-14-9-27(25-18(14)24-13)8-11-4-16(29)26(2)7-11/h3,5-6,9,11,28H,4,7-8H2,1-2H3. The van der Waals surface area contributed by atoms with Crippen LogP contribution in [-0.2, 0) is 17.5 Å². The van der Waals surface area contributed by atoms with Crippen LogP contribution >= 0.6 is 0 Å². The van der Waals surface area contributed by atoms with Gasteiger partial charge in [0.05, 0.1) is 23.7 Å². The number of alkyl halides is 3. The van der Waals surface area contributed by atoms with Crippen molar-refractivity contribution in [2.24, 2.45) is 5.92 Å². The number of aromatic nitrogens is 4. The first kappa shape index (κ1) is 19.2. The Kier molecular flexibility index (Phi) is 4.44. The van der Waals surface area contributed by atoms with Crippen molar-refractivity contribution in [1.29, 1.82) is 0 Å². The number of hydrogen-bond donors (Lipinski definition) is 1. The molecule has 152 valence electrons. The second-order valence-corrected chi connectivity index (χ2v) is 7.34. The smallest absolute Gasteiger partial charge is 0.416 e. The van der Waals surface area contributed by atoms with Crippen molar-refractivity contribution in [2.75, 3.05) is 13.6 Å². The maximum absolute atomic E-state index is 12.9. The summed E-state index contributed by atoms with van der Waals surface area (Å²) in [4.78, 5) is 22.0. The molecule has 4 rings (SSSR count). The minimum atomic E-state index is -4.55. The Bertz CT molecular complexity index is 1090. The van der Waals surface area contributed by atoms with Crippen LogP contribution in [0.4, 0.5) is 13.2 Å². The van der Waals surface area contributed by atoms with Gasteiger partial charge in [-0.05, 0) is 24.6 Å². The summed E-state index contributed by atoms with van der Waals surface area (Å²) in [6.45, 7) is 2.66. The van der Waals surface area contributed by atoms with Crippen molar-refractivity contribution in [2.45, 2.75) is 26.1 Å². The SMILES string of the molecule is Cc1cc(C(F)(F)F)cc(O)c1-c1cnc2cn(CC3CC(=O)N(C)C3)nc2n1. The van der Waals surface area contributed by atoms with Crippen molar-refractivity contribution in [3.8, 4) is 17.0 Å². The first-order chi connectivity index (χ1) is 13.6. The molecule has 10 heteroatoms. The van der Waals surface area contributed by atoms with Crippen LogP contribution < -0.4 is 0 Å². The molecule has 1 saturated heterocycles. The topological polar surface area (TPSA) is 84.1 Å². The van der Waals surface area contributed by atoms with Crippen LogP contribution in [0.2, 0.25) is 0 Å². The van der Waals surface area contributed by atoms with E-state index in [0.29, 0.717) is 36.7 Å². The van der Waals surface area contributed by atoms with Crippen molar-refractivity contribution >= 4 is 17.1 Å². The number of aromatic hydroxyl groups is 1. The molecule has 1 unspecified atom stereocenters. The first-order valence-corrected chi connectivity index (χ1v) is 8.97. The molecule has 1 aliphatic heterocycles. The molecule has 0 saturated carbocycles. The number of amides is 1. The van der Waals surface area contributed by atoms with E-state index in [-0.39, 0.29) is 28.6 Å². The summed E-state index contributed by atoms with van der Waals surface area (Å²) in [6.07, 6.45) is -0.979. The first-order valence-electron chi connectivity index (χ1n) is 8.97. The molecule has 0 bridgehead atoms. The number of rotatable bonds is 3. The number of halogens is 3. The van der Waals surface area contributed by atoms with Crippen LogP contribution in [0, 0.1) is 12.8 Å². The predicted molar refractivity (Wildman–Crippen MR) is 97.9 cm³/mol. The summed E-state index contributed by atoms with van der Waals surface area (Å²) < 4.78 is 40.5. The summed E-state index contributed by atoms with van der Waals surface area (Å²) in [5.41, 5.74) is 0.574. The number of fused-ring (bicyclic) bond motifs is 1. The fraction of sp³-hybridized carbons (Fsp3) is 0.368. The molecule has 7 nitrogen and oxygen atoms in total. The Morgan fingerprint density at radius 2 is 2.07 bits per heavy atom. The van der Waals surface area contributed by atoms with Gasteiger partial charge in [-0.15, -0.1) is 0 Å². The molecule has 3 heterocycles. The van der Waals surface area contributed by atoms with Gasteiger partial charge >= 0.3 is 6.18 Å². The van der Waals surface area contributed by atoms with Gasteiger partial charge in [0.25, 0.3) is 0 Å². The van der Waals surface area contributed by atoms with Gasteiger partial charge < -0.3 is 10.0 Å². The third-order valence-corrected chi connectivity index (χ3v) is 5.04. The van der Waals surface area contributed by atoms with Crippen molar-refractivity contribution < 1.29 is 23.1 Å². The van der Waals surface area contributed by atoms with E-state index in [1.54, 1.807) is 22.8 Å². The van der Waals surface area contributed by atoms with Crippen molar-refractivity contribution in [1.82, 2.24) is 24.6 Å². The van der Waals surface area contributed by atoms with Gasteiger partial charge in [-0.25, -0.2) is 9.97 Å². The van der Waals surface area contributed by atoms with Gasteiger partial charge in [0.15, 0.2) is 5.65 Å². The van der Waals surface area contributed by atoms with E-state index >= 15 is 0 Å². The van der Waals surface area contributed by atoms with E-state index in [4.69, 9.17) is 0 Å². The van der Waals surface area contributed by atoms with Crippen LogP contribution in [0.15, 0.2) is 24.5 Å². The molecule has 1 fully saturated rings. The second kappa shape index (κ2) is 6.71. The van der Waals surface area contributed by atoms with Crippen molar-refractivity contribution in [3.63, 3.8) is 0 Å². The third kappa shape index (κ3) is 3.62. The van der Waals surface area contributed by atoms with Gasteiger partial charge in [-0.3, -0.25) is 9.48 Å². The average molecular weight is 405 g/mol. The number of phenolic OH excluding ortho intramolecular Hbond substituents is 1. The number of nitrogens with zero attached hydrogens (tertiary/aromatic N) is 5. The normalized spacial score (nSPS) is 17.5. The second-order valence-electron chi connectivity index (χ2n) is 7.34. The Hall–Kier alpha value is -3.17. The summed E-state index contributed by atoms with van der Waals surface area (Å²) in [6, 6.07) is 1.65. The van der Waals surface area contributed by atoms with Crippen LogP contribution in [0.1, 0.15) is 17.5 Å². The Morgan fingerprint density at radius 3 is 2.69 bits per heavy atom. The number of likely N-dealkylation sites (tertiary alicyclic amines) is 1. The molecule has 3 aromatic rings. The highest BCUT2D eigenvalue weighted by Gasteiger charge is 2.32. The summed E-state index contributed by atoms with van der Waals surface area (Å²) in [5.74, 6) is -0.279. The summed E-state index contributed by atoms with van der Waals surface area (Å²) in [5, 5.41) is 14.6. The summed E-state index contributed by atoms with van der Waals surface area (Å²) >= 11 is 0. The van der Waals surface area contributed by atoms with Crippen LogP contribution in [0.3, 0.4) is 0 Å². The fourth-order valence-corrected chi connectivity index (χ4v) is 3.67. The maximum atomic E-state index is 12.9. The lowest BCUT2D eigenvalue weighted by Gasteiger charge is -2.12. The molecule has 1 aromatic carbocycles. The molecule has 1 aliphatic rings. The molecule has 2 aromatic heterocycles. The molecular weight excluding hydrogens is 387 g/mol. The minimum absolute atomic E-state index is 0.0958. The van der Waals surface area contributed by atoms with Gasteiger partial charge in [0, 0.05) is 38.0 Å². The minimum Gasteiger partial charge on any atom is -0.507 e. The van der Waals surface area contributed by atoms with E-state index in [9.17, 15) is 23.1 Å². The van der Waals surface area contributed by atoms with Crippen LogP contribution in [0.25, 0.3) is 22.4 Å². The Balaban J connectivity index is 1.65. The van der Waals surface area contributed by atoms with E-state index in [1.807, 2.05) is 0 Å². The zero-order valence-corrected chi connectivity index (χ0v) is 15.7. The molecule has 0 radical (unpaired) electrons. The molecule has 29 heavy (non-hydrogen) atoms. The molecule has 1 amide bonds. The average Bonchev–Trinajstić information content (AvgIpc) is 3.15. The van der Waals surface area contributed by atoms with Gasteiger partial charge in [-0.2, -0.15) is 18.3 Å². The fourth-order valence-electron chi connectivity index (χ4n) is 3.67. The lowest BCUT2D eigenvalue weighted by Crippen LogP contribution is -2.20. The molecule has 0 spiro atoms.